The van der Waals surface area contributed by atoms with Gasteiger partial charge in [-0.3, -0.25) is 4.79 Å². The Bertz CT molecular complexity index is 1540. The molecule has 4 aliphatic rings. The second-order valence-electron chi connectivity index (χ2n) is 12.7. The number of benzene rings is 1. The number of halogens is 1. The number of nitrogens with zero attached hydrogens (tertiary/aromatic N) is 3. The molecule has 3 N–H and O–H groups in total. The fourth-order valence-corrected chi connectivity index (χ4v) is 9.71. The molecule has 6 rings (SSSR count). The molecule has 1 aromatic heterocycles. The first-order valence-electron chi connectivity index (χ1n) is 14.3. The summed E-state index contributed by atoms with van der Waals surface area (Å²) in [6.07, 6.45) is 6.53. The average Bonchev–Trinajstić information content (AvgIpc) is 3.50. The van der Waals surface area contributed by atoms with E-state index in [1.54, 1.807) is 25.3 Å². The van der Waals surface area contributed by atoms with Crippen LogP contribution in [0.3, 0.4) is 0 Å². The Kier molecular flexibility index (Phi) is 7.21. The molecule has 0 amide bonds. The lowest BCUT2D eigenvalue weighted by atomic mass is 9.45. The topological polar surface area (TPSA) is 128 Å². The van der Waals surface area contributed by atoms with Gasteiger partial charge in [-0.1, -0.05) is 23.9 Å². The number of aryl methyl sites for hydroxylation is 1. The number of carbonyl (C=O) groups is 2. The zero-order valence-electron chi connectivity index (χ0n) is 23.8. The van der Waals surface area contributed by atoms with E-state index in [0.29, 0.717) is 37.1 Å². The molecule has 0 bridgehead atoms. The summed E-state index contributed by atoms with van der Waals surface area (Å²) in [6, 6.07) is 6.05. The molecule has 0 saturated heterocycles. The minimum atomic E-state index is -1.46. The highest BCUT2D eigenvalue weighted by Gasteiger charge is 2.70. The maximum atomic E-state index is 13.5. The number of fused-ring (bicyclic) bond motifs is 5. The minimum Gasteiger partial charge on any atom is -0.445 e. The smallest absolute Gasteiger partial charge is 0.352 e. The van der Waals surface area contributed by atoms with Gasteiger partial charge in [-0.15, -0.1) is 17.7 Å². The number of aliphatic imine (C=N–C) groups is 1. The van der Waals surface area contributed by atoms with Gasteiger partial charge in [-0.2, -0.15) is 0 Å². The zero-order chi connectivity index (χ0) is 30.0. The average molecular weight is 611 g/mol. The van der Waals surface area contributed by atoms with Crippen molar-refractivity contribution in [1.82, 2.24) is 9.59 Å². The quantitative estimate of drug-likeness (QED) is 0.308. The highest BCUT2D eigenvalue weighted by molar-refractivity contribution is 7.96. The molecule has 42 heavy (non-hydrogen) atoms. The first-order chi connectivity index (χ1) is 19.9. The Morgan fingerprint density at radius 1 is 1.26 bits per heavy atom. The lowest BCUT2D eigenvalue weighted by Crippen LogP contribution is -2.62. The molecule has 11 heteroatoms. The van der Waals surface area contributed by atoms with Gasteiger partial charge in [0.15, 0.2) is 10.5 Å². The summed E-state index contributed by atoms with van der Waals surface area (Å²) in [7, 11) is 0. The van der Waals surface area contributed by atoms with Gasteiger partial charge in [0.05, 0.1) is 23.2 Å². The molecule has 0 spiro atoms. The summed E-state index contributed by atoms with van der Waals surface area (Å²) in [5.74, 6) is -0.862. The van der Waals surface area contributed by atoms with Gasteiger partial charge in [0.2, 0.25) is 5.12 Å². The highest BCUT2D eigenvalue weighted by atomic mass is 32.1. The molecule has 222 valence electrons. The maximum absolute atomic E-state index is 13.5. The van der Waals surface area contributed by atoms with E-state index in [4.69, 9.17) is 15.5 Å². The summed E-state index contributed by atoms with van der Waals surface area (Å²) >= 11 is 5.22. The Hall–Kier alpha value is -2.89. The normalized spacial score (nSPS) is 37.5. The van der Waals surface area contributed by atoms with Crippen LogP contribution in [0.4, 0.5) is 10.1 Å². The Morgan fingerprint density at radius 2 is 2.00 bits per heavy atom. The van der Waals surface area contributed by atoms with Crippen molar-refractivity contribution in [2.75, 3.05) is 0 Å². The largest absolute Gasteiger partial charge is 0.445 e. The van der Waals surface area contributed by atoms with Crippen LogP contribution in [0, 0.1) is 41.3 Å². The van der Waals surface area contributed by atoms with Gasteiger partial charge >= 0.3 is 5.97 Å². The van der Waals surface area contributed by atoms with Crippen molar-refractivity contribution in [2.24, 2.45) is 39.3 Å². The second-order valence-corrected chi connectivity index (χ2v) is 13.9. The van der Waals surface area contributed by atoms with Crippen molar-refractivity contribution in [1.29, 1.82) is 0 Å². The first-order valence-corrected chi connectivity index (χ1v) is 15.6. The molecular weight excluding hydrogens is 575 g/mol. The van der Waals surface area contributed by atoms with Crippen LogP contribution in [0.15, 0.2) is 52.7 Å². The monoisotopic (exact) mass is 610 g/mol. The van der Waals surface area contributed by atoms with Crippen LogP contribution in [0.5, 0.6) is 0 Å². The van der Waals surface area contributed by atoms with Crippen LogP contribution < -0.4 is 5.73 Å². The fourth-order valence-electron chi connectivity index (χ4n) is 8.76. The Balaban J connectivity index is 1.34. The Labute approximate surface area is 253 Å². The van der Waals surface area contributed by atoms with Gasteiger partial charge in [0, 0.05) is 5.41 Å². The summed E-state index contributed by atoms with van der Waals surface area (Å²) in [5.41, 5.74) is 7.46. The number of ether oxygens (including phenoxy) is 1. The van der Waals surface area contributed by atoms with Crippen LogP contribution in [0.2, 0.25) is 0 Å². The molecule has 0 aliphatic heterocycles. The SMILES string of the molecule is Cc1nnsc1C(=O)O[C@]1(C(=O)S)CCC2[C@@H]3CCC4=CC(=Nc5ccc(F)cc5)C(=CN)C[C@]4(C)C3C(O)C[C@@]21C. The molecule has 4 aliphatic carbocycles. The van der Waals surface area contributed by atoms with E-state index >= 15 is 0 Å². The predicted octanol–water partition coefficient (Wildman–Crippen LogP) is 5.50. The second kappa shape index (κ2) is 10.4. The number of aromatic nitrogens is 2. The number of esters is 1. The van der Waals surface area contributed by atoms with Gasteiger partial charge < -0.3 is 15.6 Å². The highest BCUT2D eigenvalue weighted by Crippen LogP contribution is 2.69. The van der Waals surface area contributed by atoms with Gasteiger partial charge in [-0.25, -0.2) is 14.2 Å². The van der Waals surface area contributed by atoms with Crippen LogP contribution in [0.25, 0.3) is 0 Å². The molecular formula is C31H35FN4O4S2. The van der Waals surface area contributed by atoms with Crippen LogP contribution >= 0.6 is 24.2 Å². The van der Waals surface area contributed by atoms with Crippen molar-refractivity contribution >= 4 is 46.6 Å². The zero-order valence-corrected chi connectivity index (χ0v) is 25.6. The van der Waals surface area contributed by atoms with Crippen molar-refractivity contribution in [3.05, 3.63) is 64.1 Å². The van der Waals surface area contributed by atoms with E-state index in [1.807, 2.05) is 6.92 Å². The number of aliphatic hydroxyl groups is 1. The lowest BCUT2D eigenvalue weighted by molar-refractivity contribution is -0.174. The van der Waals surface area contributed by atoms with Crippen molar-refractivity contribution in [2.45, 2.75) is 71.0 Å². The van der Waals surface area contributed by atoms with Gasteiger partial charge in [-0.05, 0) is 122 Å². The number of hydrogen-bond donors (Lipinski definition) is 3. The molecule has 1 heterocycles. The number of rotatable bonds is 4. The number of carbonyl (C=O) groups excluding carboxylic acids is 2. The molecule has 3 fully saturated rings. The third-order valence-electron chi connectivity index (χ3n) is 10.7. The summed E-state index contributed by atoms with van der Waals surface area (Å²) in [4.78, 5) is 31.6. The predicted molar refractivity (Wildman–Crippen MR) is 161 cm³/mol. The fraction of sp³-hybridized carbons (Fsp3) is 0.516. The maximum Gasteiger partial charge on any atom is 0.352 e. The number of nitrogens with two attached hydrogens (primary N) is 1. The first kappa shape index (κ1) is 29.2. The molecule has 1 aromatic carbocycles. The van der Waals surface area contributed by atoms with Crippen molar-refractivity contribution in [3.8, 4) is 0 Å². The van der Waals surface area contributed by atoms with E-state index in [2.05, 4.69) is 35.2 Å². The molecule has 2 aromatic rings. The molecule has 7 atom stereocenters. The van der Waals surface area contributed by atoms with Gasteiger partial charge in [0.1, 0.15) is 5.82 Å². The lowest BCUT2D eigenvalue weighted by Gasteiger charge is -2.60. The third kappa shape index (κ3) is 4.30. The van der Waals surface area contributed by atoms with E-state index < -0.39 is 28.2 Å². The standard InChI is InChI=1S/C31H35FN4O4S2/c1-16-26(42-36-35-16)27(38)40-31(28(39)41)11-10-22-21-9-4-18-12-23(34-20-7-5-19(32)6-8-20)17(15-33)13-29(18,2)25(21)24(37)14-30(22,31)3/h5-8,12,15,21-22,24-25,37H,4,9-11,13-14,33H2,1-3H3,(H,39,41)/t21-,22?,24?,25?,29-,30-,31-/m0/s1. The number of hydrogen-bond acceptors (Lipinski definition) is 9. The summed E-state index contributed by atoms with van der Waals surface area (Å²) < 4.78 is 23.4. The molecule has 3 unspecified atom stereocenters. The third-order valence-corrected chi connectivity index (χ3v) is 11.9. The number of allylic oxidation sites excluding steroid dienone is 3. The van der Waals surface area contributed by atoms with Crippen LogP contribution in [-0.2, 0) is 9.53 Å². The van der Waals surface area contributed by atoms with E-state index in [0.717, 1.165) is 35.7 Å². The molecule has 8 nitrogen and oxygen atoms in total. The van der Waals surface area contributed by atoms with Crippen molar-refractivity contribution < 1.29 is 23.8 Å². The number of aliphatic hydroxyl groups excluding tert-OH is 1. The van der Waals surface area contributed by atoms with Gasteiger partial charge in [0.25, 0.3) is 0 Å². The van der Waals surface area contributed by atoms with E-state index in [9.17, 15) is 19.1 Å². The van der Waals surface area contributed by atoms with Crippen LogP contribution in [-0.4, -0.2) is 43.2 Å². The summed E-state index contributed by atoms with van der Waals surface area (Å²) in [5, 5.41) is 15.4. The summed E-state index contributed by atoms with van der Waals surface area (Å²) in [6.45, 7) is 5.86. The van der Waals surface area contributed by atoms with E-state index in [1.165, 1.54) is 17.7 Å². The number of thiol groups is 1. The van der Waals surface area contributed by atoms with Crippen molar-refractivity contribution in [3.63, 3.8) is 0 Å². The van der Waals surface area contributed by atoms with Crippen LogP contribution in [0.1, 0.15) is 67.7 Å². The van der Waals surface area contributed by atoms with E-state index in [-0.39, 0.29) is 33.9 Å². The molecule has 3 saturated carbocycles. The minimum absolute atomic E-state index is 0.0495. The Morgan fingerprint density at radius 3 is 2.64 bits per heavy atom. The molecule has 0 radical (unpaired) electrons.